The van der Waals surface area contributed by atoms with Crippen LogP contribution in [-0.4, -0.2) is 15.2 Å². The Balaban J connectivity index is 2.03. The maximum atomic E-state index is 9.95. The molecule has 0 atom stereocenters. The standard InChI is InChI=1S/C15H10Br2N2O2/c1-8-2-4-10(12(17)6-8)14-18-15(21-19-14)11-5-3-9(16)7-13(11)20/h2-7,20H,1H3. The maximum absolute atomic E-state index is 9.95. The zero-order valence-electron chi connectivity index (χ0n) is 11.0. The molecule has 0 radical (unpaired) electrons. The van der Waals surface area contributed by atoms with Gasteiger partial charge in [0.25, 0.3) is 5.89 Å². The molecule has 0 unspecified atom stereocenters. The highest BCUT2D eigenvalue weighted by Gasteiger charge is 2.15. The fourth-order valence-electron chi connectivity index (χ4n) is 1.93. The minimum atomic E-state index is 0.0857. The second-order valence-corrected chi connectivity index (χ2v) is 6.34. The van der Waals surface area contributed by atoms with Crippen LogP contribution in [0.3, 0.4) is 0 Å². The van der Waals surface area contributed by atoms with E-state index in [2.05, 4.69) is 42.0 Å². The predicted molar refractivity (Wildman–Crippen MR) is 87.0 cm³/mol. The van der Waals surface area contributed by atoms with Gasteiger partial charge in [-0.2, -0.15) is 4.98 Å². The number of phenols is 1. The maximum Gasteiger partial charge on any atom is 0.261 e. The molecule has 0 amide bonds. The van der Waals surface area contributed by atoms with E-state index in [1.165, 1.54) is 0 Å². The summed E-state index contributed by atoms with van der Waals surface area (Å²) >= 11 is 6.79. The van der Waals surface area contributed by atoms with Gasteiger partial charge >= 0.3 is 0 Å². The molecule has 0 aliphatic carbocycles. The summed E-state index contributed by atoms with van der Waals surface area (Å²) < 4.78 is 6.93. The van der Waals surface area contributed by atoms with Gasteiger partial charge in [0.2, 0.25) is 5.82 Å². The zero-order valence-corrected chi connectivity index (χ0v) is 14.1. The van der Waals surface area contributed by atoms with Crippen LogP contribution < -0.4 is 0 Å². The topological polar surface area (TPSA) is 59.2 Å². The fourth-order valence-corrected chi connectivity index (χ4v) is 2.95. The average Bonchev–Trinajstić information content (AvgIpc) is 2.87. The number of nitrogens with zero attached hydrogens (tertiary/aromatic N) is 2. The van der Waals surface area contributed by atoms with Crippen molar-refractivity contribution in [2.45, 2.75) is 6.92 Å². The molecule has 1 heterocycles. The summed E-state index contributed by atoms with van der Waals surface area (Å²) in [6, 6.07) is 11.0. The van der Waals surface area contributed by atoms with E-state index < -0.39 is 0 Å². The van der Waals surface area contributed by atoms with Gasteiger partial charge in [-0.3, -0.25) is 0 Å². The molecule has 0 fully saturated rings. The van der Waals surface area contributed by atoms with Gasteiger partial charge in [0.05, 0.1) is 5.56 Å². The van der Waals surface area contributed by atoms with E-state index in [0.29, 0.717) is 11.4 Å². The van der Waals surface area contributed by atoms with Crippen molar-refractivity contribution in [2.75, 3.05) is 0 Å². The number of hydrogen-bond acceptors (Lipinski definition) is 4. The molecular weight excluding hydrogens is 400 g/mol. The van der Waals surface area contributed by atoms with Crippen molar-refractivity contribution in [3.63, 3.8) is 0 Å². The van der Waals surface area contributed by atoms with Crippen LogP contribution >= 0.6 is 31.9 Å². The summed E-state index contributed by atoms with van der Waals surface area (Å²) in [5, 5.41) is 13.9. The Kier molecular flexibility index (Phi) is 3.82. The molecule has 21 heavy (non-hydrogen) atoms. The van der Waals surface area contributed by atoms with Crippen LogP contribution in [0.25, 0.3) is 22.8 Å². The number of benzene rings is 2. The number of halogens is 2. The van der Waals surface area contributed by atoms with Gasteiger partial charge in [-0.05, 0) is 42.8 Å². The van der Waals surface area contributed by atoms with Crippen LogP contribution in [0, 0.1) is 6.92 Å². The van der Waals surface area contributed by atoms with Crippen LogP contribution in [0.1, 0.15) is 5.56 Å². The molecular formula is C15H10Br2N2O2. The monoisotopic (exact) mass is 408 g/mol. The molecule has 4 nitrogen and oxygen atoms in total. The summed E-state index contributed by atoms with van der Waals surface area (Å²) in [4.78, 5) is 4.35. The Morgan fingerprint density at radius 2 is 1.81 bits per heavy atom. The second-order valence-electron chi connectivity index (χ2n) is 4.57. The molecule has 0 spiro atoms. The lowest BCUT2D eigenvalue weighted by atomic mass is 10.1. The van der Waals surface area contributed by atoms with Crippen LogP contribution in [-0.2, 0) is 0 Å². The van der Waals surface area contributed by atoms with Crippen molar-refractivity contribution in [3.05, 3.63) is 50.9 Å². The Morgan fingerprint density at radius 1 is 1.05 bits per heavy atom. The molecule has 1 N–H and O–H groups in total. The second kappa shape index (κ2) is 5.61. The highest BCUT2D eigenvalue weighted by Crippen LogP contribution is 2.33. The third-order valence-corrected chi connectivity index (χ3v) is 4.13. The largest absolute Gasteiger partial charge is 0.507 e. The van der Waals surface area contributed by atoms with Gasteiger partial charge in [0, 0.05) is 14.5 Å². The third-order valence-electron chi connectivity index (χ3n) is 2.98. The minimum Gasteiger partial charge on any atom is -0.507 e. The lowest BCUT2D eigenvalue weighted by molar-refractivity contribution is 0.425. The third kappa shape index (κ3) is 2.87. The van der Waals surface area contributed by atoms with E-state index >= 15 is 0 Å². The summed E-state index contributed by atoms with van der Waals surface area (Å²) in [6.07, 6.45) is 0. The van der Waals surface area contributed by atoms with Crippen molar-refractivity contribution in [2.24, 2.45) is 0 Å². The van der Waals surface area contributed by atoms with Crippen LogP contribution in [0.4, 0.5) is 0 Å². The van der Waals surface area contributed by atoms with Crippen LogP contribution in [0.5, 0.6) is 5.75 Å². The summed E-state index contributed by atoms with van der Waals surface area (Å²) in [7, 11) is 0. The first kappa shape index (κ1) is 14.3. The molecule has 0 bridgehead atoms. The lowest BCUT2D eigenvalue weighted by Gasteiger charge is -2.00. The minimum absolute atomic E-state index is 0.0857. The van der Waals surface area contributed by atoms with Gasteiger partial charge in [-0.25, -0.2) is 0 Å². The van der Waals surface area contributed by atoms with Crippen molar-refractivity contribution >= 4 is 31.9 Å². The molecule has 0 aliphatic rings. The van der Waals surface area contributed by atoms with Crippen molar-refractivity contribution in [3.8, 4) is 28.6 Å². The van der Waals surface area contributed by atoms with E-state index in [-0.39, 0.29) is 11.6 Å². The van der Waals surface area contributed by atoms with Crippen LogP contribution in [0.15, 0.2) is 49.9 Å². The molecule has 0 saturated carbocycles. The van der Waals surface area contributed by atoms with E-state index in [0.717, 1.165) is 20.1 Å². The van der Waals surface area contributed by atoms with Crippen molar-refractivity contribution in [1.29, 1.82) is 0 Å². The Hall–Kier alpha value is -1.66. The molecule has 3 aromatic rings. The van der Waals surface area contributed by atoms with Crippen LogP contribution in [0.2, 0.25) is 0 Å². The fraction of sp³-hybridized carbons (Fsp3) is 0.0667. The lowest BCUT2D eigenvalue weighted by Crippen LogP contribution is -1.84. The number of aromatic hydroxyl groups is 1. The normalized spacial score (nSPS) is 10.8. The Bertz CT molecular complexity index is 749. The Morgan fingerprint density at radius 3 is 2.52 bits per heavy atom. The highest BCUT2D eigenvalue weighted by atomic mass is 79.9. The highest BCUT2D eigenvalue weighted by molar-refractivity contribution is 9.10. The predicted octanol–water partition coefficient (Wildman–Crippen LogP) is 4.94. The molecule has 1 aromatic heterocycles. The Labute approximate surface area is 138 Å². The summed E-state index contributed by atoms with van der Waals surface area (Å²) in [5.74, 6) is 0.837. The number of rotatable bonds is 2. The van der Waals surface area contributed by atoms with Gasteiger partial charge < -0.3 is 9.63 Å². The van der Waals surface area contributed by atoms with Crippen molar-refractivity contribution < 1.29 is 9.63 Å². The summed E-state index contributed by atoms with van der Waals surface area (Å²) in [6.45, 7) is 2.01. The first-order valence-corrected chi connectivity index (χ1v) is 7.72. The molecule has 6 heteroatoms. The summed E-state index contributed by atoms with van der Waals surface area (Å²) in [5.41, 5.74) is 2.48. The average molecular weight is 410 g/mol. The van der Waals surface area contributed by atoms with Crippen molar-refractivity contribution in [1.82, 2.24) is 10.1 Å². The number of phenolic OH excluding ortho intramolecular Hbond substituents is 1. The van der Waals surface area contributed by atoms with E-state index in [1.54, 1.807) is 18.2 Å². The quantitative estimate of drug-likeness (QED) is 0.650. The number of aromatic nitrogens is 2. The number of aryl methyl sites for hydroxylation is 1. The number of hydrogen-bond donors (Lipinski definition) is 1. The van der Waals surface area contributed by atoms with E-state index in [9.17, 15) is 5.11 Å². The molecule has 2 aromatic carbocycles. The van der Waals surface area contributed by atoms with Gasteiger partial charge in [0.15, 0.2) is 0 Å². The smallest absolute Gasteiger partial charge is 0.261 e. The van der Waals surface area contributed by atoms with E-state index in [1.807, 2.05) is 25.1 Å². The molecule has 0 saturated heterocycles. The zero-order chi connectivity index (χ0) is 15.0. The van der Waals surface area contributed by atoms with Gasteiger partial charge in [0.1, 0.15) is 5.75 Å². The molecule has 0 aliphatic heterocycles. The SMILES string of the molecule is Cc1ccc(-c2noc(-c3ccc(Br)cc3O)n2)c(Br)c1. The molecule has 106 valence electrons. The van der Waals surface area contributed by atoms with Gasteiger partial charge in [-0.15, -0.1) is 0 Å². The molecule has 3 rings (SSSR count). The first-order chi connectivity index (χ1) is 10.0. The van der Waals surface area contributed by atoms with E-state index in [4.69, 9.17) is 4.52 Å². The first-order valence-electron chi connectivity index (χ1n) is 6.14. The van der Waals surface area contributed by atoms with Gasteiger partial charge in [-0.1, -0.05) is 43.1 Å².